The normalized spacial score (nSPS) is 13.1. The summed E-state index contributed by atoms with van der Waals surface area (Å²) in [6, 6.07) is 0. The van der Waals surface area contributed by atoms with Gasteiger partial charge in [-0.05, 0) is 20.3 Å². The number of ketones is 1. The van der Waals surface area contributed by atoms with Crippen LogP contribution in [0.1, 0.15) is 59.3 Å². The van der Waals surface area contributed by atoms with Crippen molar-refractivity contribution in [1.82, 2.24) is 0 Å². The van der Waals surface area contributed by atoms with Crippen LogP contribution >= 0.6 is 0 Å². The van der Waals surface area contributed by atoms with Gasteiger partial charge in [-0.3, -0.25) is 9.59 Å². The molecule has 2 unspecified atom stereocenters. The average molecular weight is 276 g/mol. The van der Waals surface area contributed by atoms with Gasteiger partial charge in [-0.15, -0.1) is 0 Å². The number of rotatable bonds is 9. The van der Waals surface area contributed by atoms with E-state index >= 15 is 0 Å². The van der Waals surface area contributed by atoms with Crippen LogP contribution in [0.15, 0.2) is 0 Å². The van der Waals surface area contributed by atoms with Crippen molar-refractivity contribution in [2.24, 2.45) is 5.92 Å². The molecule has 0 radical (unpaired) electrons. The monoisotopic (exact) mass is 276 g/mol. The predicted molar refractivity (Wildman–Crippen MR) is 73.9 cm³/mol. The first-order valence-corrected chi connectivity index (χ1v) is 6.91. The zero-order chi connectivity index (χ0) is 15.3. The van der Waals surface area contributed by atoms with Gasteiger partial charge in [-0.25, -0.2) is 0 Å². The van der Waals surface area contributed by atoms with E-state index in [4.69, 9.17) is 15.3 Å². The highest BCUT2D eigenvalue weighted by Gasteiger charge is 2.19. The van der Waals surface area contributed by atoms with Crippen LogP contribution in [-0.4, -0.2) is 39.8 Å². The van der Waals surface area contributed by atoms with Crippen molar-refractivity contribution in [2.45, 2.75) is 65.4 Å². The van der Waals surface area contributed by atoms with Crippen LogP contribution < -0.4 is 0 Å². The van der Waals surface area contributed by atoms with Gasteiger partial charge in [-0.1, -0.05) is 32.6 Å². The Kier molecular flexibility index (Phi) is 14.5. The van der Waals surface area contributed by atoms with Crippen molar-refractivity contribution in [2.75, 3.05) is 6.61 Å². The molecule has 0 amide bonds. The topological polar surface area (TPSA) is 94.8 Å². The number of carboxylic acid groups (broad SMARTS) is 1. The number of carbonyl (C=O) groups is 2. The quantitative estimate of drug-likeness (QED) is 0.442. The van der Waals surface area contributed by atoms with Gasteiger partial charge >= 0.3 is 5.97 Å². The highest BCUT2D eigenvalue weighted by molar-refractivity contribution is 5.97. The molecule has 0 aromatic heterocycles. The Balaban J connectivity index is 0. The lowest BCUT2D eigenvalue weighted by Gasteiger charge is -2.04. The molecule has 5 heteroatoms. The smallest absolute Gasteiger partial charge is 0.313 e. The molecule has 114 valence electrons. The molecule has 0 bridgehead atoms. The molecule has 0 saturated carbocycles. The van der Waals surface area contributed by atoms with E-state index < -0.39 is 18.0 Å². The third-order valence-corrected chi connectivity index (χ3v) is 2.64. The van der Waals surface area contributed by atoms with Crippen LogP contribution in [0.4, 0.5) is 0 Å². The molecule has 2 atom stereocenters. The average Bonchev–Trinajstić information content (AvgIpc) is 2.37. The molecule has 0 aromatic rings. The largest absolute Gasteiger partial charge is 0.481 e. The maximum atomic E-state index is 11.2. The Labute approximate surface area is 115 Å². The Morgan fingerprint density at radius 1 is 1.05 bits per heavy atom. The first-order valence-electron chi connectivity index (χ1n) is 6.91. The van der Waals surface area contributed by atoms with Gasteiger partial charge in [-0.2, -0.15) is 0 Å². The summed E-state index contributed by atoms with van der Waals surface area (Å²) in [5.41, 5.74) is 0. The SMILES string of the molecule is CC(O)CO.CCCCCCCC(=O)C(C)C(=O)O. The first kappa shape index (κ1) is 20.4. The van der Waals surface area contributed by atoms with Crippen molar-refractivity contribution in [1.29, 1.82) is 0 Å². The summed E-state index contributed by atoms with van der Waals surface area (Å²) >= 11 is 0. The molecule has 5 nitrogen and oxygen atoms in total. The highest BCUT2D eigenvalue weighted by Crippen LogP contribution is 2.09. The van der Waals surface area contributed by atoms with E-state index in [9.17, 15) is 9.59 Å². The molecule has 0 rings (SSSR count). The molecule has 19 heavy (non-hydrogen) atoms. The molecule has 0 aromatic carbocycles. The molecule has 0 saturated heterocycles. The fourth-order valence-electron chi connectivity index (χ4n) is 1.26. The predicted octanol–water partition coefficient (Wildman–Crippen LogP) is 2.00. The van der Waals surface area contributed by atoms with E-state index in [1.807, 2.05) is 0 Å². The Hall–Kier alpha value is -0.940. The van der Waals surface area contributed by atoms with Crippen LogP contribution in [0.2, 0.25) is 0 Å². The molecule has 0 aliphatic rings. The van der Waals surface area contributed by atoms with Crippen LogP contribution in [0.3, 0.4) is 0 Å². The Bertz CT molecular complexity index is 238. The maximum Gasteiger partial charge on any atom is 0.313 e. The lowest BCUT2D eigenvalue weighted by molar-refractivity contribution is -0.145. The summed E-state index contributed by atoms with van der Waals surface area (Å²) in [6.45, 7) is 4.98. The van der Waals surface area contributed by atoms with E-state index in [1.54, 1.807) is 0 Å². The number of carboxylic acids is 1. The number of aliphatic hydroxyl groups excluding tert-OH is 2. The van der Waals surface area contributed by atoms with Crippen molar-refractivity contribution < 1.29 is 24.9 Å². The van der Waals surface area contributed by atoms with Crippen LogP contribution in [0, 0.1) is 5.92 Å². The minimum Gasteiger partial charge on any atom is -0.481 e. The molecule has 3 N–H and O–H groups in total. The molecule has 0 heterocycles. The minimum atomic E-state index is -1.01. The highest BCUT2D eigenvalue weighted by atomic mass is 16.4. The Morgan fingerprint density at radius 2 is 1.53 bits per heavy atom. The van der Waals surface area contributed by atoms with E-state index in [-0.39, 0.29) is 12.4 Å². The van der Waals surface area contributed by atoms with Gasteiger partial charge in [0, 0.05) is 6.42 Å². The summed E-state index contributed by atoms with van der Waals surface area (Å²) in [4.78, 5) is 21.7. The fraction of sp³-hybridized carbons (Fsp3) is 0.857. The molecular weight excluding hydrogens is 248 g/mol. The standard InChI is InChI=1S/C11H20O3.C3H8O2/c1-3-4-5-6-7-8-10(12)9(2)11(13)14;1-3(5)2-4/h9H,3-8H2,1-2H3,(H,13,14);3-5H,2H2,1H3. The van der Waals surface area contributed by atoms with Gasteiger partial charge in [0.1, 0.15) is 11.7 Å². The lowest BCUT2D eigenvalue weighted by Crippen LogP contribution is -2.20. The van der Waals surface area contributed by atoms with Crippen molar-refractivity contribution in [3.63, 3.8) is 0 Å². The minimum absolute atomic E-state index is 0.139. The van der Waals surface area contributed by atoms with Crippen molar-refractivity contribution in [3.05, 3.63) is 0 Å². The van der Waals surface area contributed by atoms with E-state index in [2.05, 4.69) is 6.92 Å². The lowest BCUT2D eigenvalue weighted by atomic mass is 10.0. The van der Waals surface area contributed by atoms with E-state index in [1.165, 1.54) is 26.7 Å². The van der Waals surface area contributed by atoms with Crippen LogP contribution in [-0.2, 0) is 9.59 Å². The number of carbonyl (C=O) groups excluding carboxylic acids is 1. The van der Waals surface area contributed by atoms with Crippen LogP contribution in [0.25, 0.3) is 0 Å². The van der Waals surface area contributed by atoms with Crippen molar-refractivity contribution in [3.8, 4) is 0 Å². The second kappa shape index (κ2) is 13.5. The third-order valence-electron chi connectivity index (χ3n) is 2.64. The van der Waals surface area contributed by atoms with Crippen molar-refractivity contribution >= 4 is 11.8 Å². The molecule has 0 aliphatic heterocycles. The second-order valence-electron chi connectivity index (χ2n) is 4.72. The van der Waals surface area contributed by atoms with Gasteiger partial charge in [0.05, 0.1) is 12.7 Å². The van der Waals surface area contributed by atoms with E-state index in [0.717, 1.165) is 19.3 Å². The number of aliphatic hydroxyl groups is 2. The van der Waals surface area contributed by atoms with Gasteiger partial charge in [0.2, 0.25) is 0 Å². The number of aliphatic carboxylic acids is 1. The zero-order valence-electron chi connectivity index (χ0n) is 12.3. The number of Topliss-reactive ketones (excluding diaryl/α,β-unsaturated/α-hetero) is 1. The van der Waals surface area contributed by atoms with Gasteiger partial charge < -0.3 is 15.3 Å². The summed E-state index contributed by atoms with van der Waals surface area (Å²) < 4.78 is 0. The molecule has 0 fully saturated rings. The second-order valence-corrected chi connectivity index (χ2v) is 4.72. The molecule has 0 aliphatic carbocycles. The molecule has 0 spiro atoms. The van der Waals surface area contributed by atoms with Gasteiger partial charge in [0.15, 0.2) is 0 Å². The Morgan fingerprint density at radius 3 is 1.89 bits per heavy atom. The van der Waals surface area contributed by atoms with Gasteiger partial charge in [0.25, 0.3) is 0 Å². The zero-order valence-corrected chi connectivity index (χ0v) is 12.3. The number of hydrogen-bond donors (Lipinski definition) is 3. The van der Waals surface area contributed by atoms with Crippen LogP contribution in [0.5, 0.6) is 0 Å². The summed E-state index contributed by atoms with van der Waals surface area (Å²) in [5.74, 6) is -1.99. The fourth-order valence-corrected chi connectivity index (χ4v) is 1.26. The number of unbranched alkanes of at least 4 members (excludes halogenated alkanes) is 4. The first-order chi connectivity index (χ1) is 8.86. The summed E-state index contributed by atoms with van der Waals surface area (Å²) in [6.07, 6.45) is 5.24. The summed E-state index contributed by atoms with van der Waals surface area (Å²) in [5, 5.41) is 24.6. The van der Waals surface area contributed by atoms with E-state index in [0.29, 0.717) is 6.42 Å². The third kappa shape index (κ3) is 15.0. The number of hydrogen-bond acceptors (Lipinski definition) is 4. The summed E-state index contributed by atoms with van der Waals surface area (Å²) in [7, 11) is 0. The maximum absolute atomic E-state index is 11.2. The molecular formula is C14H28O5.